The highest BCUT2D eigenvalue weighted by Crippen LogP contribution is 2.32. The molecular formula is C20H16BrN3O. The maximum atomic E-state index is 9.48. The first-order valence-corrected chi connectivity index (χ1v) is 8.61. The Hall–Kier alpha value is -2.84. The maximum absolute atomic E-state index is 9.48. The van der Waals surface area contributed by atoms with Crippen LogP contribution in [-0.4, -0.2) is 11.6 Å². The number of hydrogen-bond acceptors (Lipinski definition) is 4. The van der Waals surface area contributed by atoms with E-state index in [1.165, 1.54) is 0 Å². The van der Waals surface area contributed by atoms with Gasteiger partial charge in [-0.05, 0) is 55.0 Å². The third-order valence-electron chi connectivity index (χ3n) is 3.78. The zero-order chi connectivity index (χ0) is 17.8. The van der Waals surface area contributed by atoms with Crippen molar-refractivity contribution in [3.8, 4) is 34.2 Å². The largest absolute Gasteiger partial charge is 0.494 e. The Morgan fingerprint density at radius 1 is 1.08 bits per heavy atom. The molecule has 0 fully saturated rings. The van der Waals surface area contributed by atoms with Crippen LogP contribution in [0.3, 0.4) is 0 Å². The number of nitrogens with zero attached hydrogens (tertiary/aromatic N) is 2. The molecule has 25 heavy (non-hydrogen) atoms. The molecule has 4 nitrogen and oxygen atoms in total. The molecule has 0 atom stereocenters. The standard InChI is InChI=1S/C20H16BrN3O/c1-2-25-16-9-5-14(6-10-16)19-11-17(18(12-22)20(23)24-19)13-3-7-15(21)8-4-13/h3-11H,2H2,1H3,(H2,23,24). The molecule has 0 aliphatic carbocycles. The minimum atomic E-state index is 0.229. The van der Waals surface area contributed by atoms with Crippen LogP contribution in [0.4, 0.5) is 5.82 Å². The summed E-state index contributed by atoms with van der Waals surface area (Å²) in [6.07, 6.45) is 0. The van der Waals surface area contributed by atoms with Crippen LogP contribution in [0.2, 0.25) is 0 Å². The van der Waals surface area contributed by atoms with Crippen molar-refractivity contribution in [1.29, 1.82) is 5.26 Å². The first kappa shape index (κ1) is 17.0. The van der Waals surface area contributed by atoms with Gasteiger partial charge in [0.15, 0.2) is 0 Å². The van der Waals surface area contributed by atoms with Crippen molar-refractivity contribution >= 4 is 21.7 Å². The van der Waals surface area contributed by atoms with E-state index in [-0.39, 0.29) is 5.82 Å². The lowest BCUT2D eigenvalue weighted by Gasteiger charge is -2.11. The smallest absolute Gasteiger partial charge is 0.142 e. The predicted molar refractivity (Wildman–Crippen MR) is 103 cm³/mol. The average molecular weight is 394 g/mol. The Morgan fingerprint density at radius 2 is 1.72 bits per heavy atom. The van der Waals surface area contributed by atoms with Gasteiger partial charge in [0.1, 0.15) is 23.2 Å². The SMILES string of the molecule is CCOc1ccc(-c2cc(-c3ccc(Br)cc3)c(C#N)c(N)n2)cc1. The van der Waals surface area contributed by atoms with Gasteiger partial charge in [-0.2, -0.15) is 5.26 Å². The molecule has 0 saturated carbocycles. The maximum Gasteiger partial charge on any atom is 0.142 e. The van der Waals surface area contributed by atoms with Gasteiger partial charge in [0.25, 0.3) is 0 Å². The van der Waals surface area contributed by atoms with Gasteiger partial charge < -0.3 is 10.5 Å². The van der Waals surface area contributed by atoms with Crippen LogP contribution in [0.1, 0.15) is 12.5 Å². The summed E-state index contributed by atoms with van der Waals surface area (Å²) < 4.78 is 6.44. The third-order valence-corrected chi connectivity index (χ3v) is 4.30. The van der Waals surface area contributed by atoms with Crippen molar-refractivity contribution < 1.29 is 4.74 Å². The first-order valence-electron chi connectivity index (χ1n) is 7.82. The highest BCUT2D eigenvalue weighted by Gasteiger charge is 2.13. The van der Waals surface area contributed by atoms with Gasteiger partial charge in [-0.1, -0.05) is 28.1 Å². The number of nitriles is 1. The molecule has 2 N–H and O–H groups in total. The van der Waals surface area contributed by atoms with Gasteiger partial charge in [0, 0.05) is 15.6 Å². The first-order chi connectivity index (χ1) is 12.1. The van der Waals surface area contributed by atoms with Crippen LogP contribution < -0.4 is 10.5 Å². The minimum Gasteiger partial charge on any atom is -0.494 e. The molecule has 0 aliphatic rings. The van der Waals surface area contributed by atoms with Gasteiger partial charge in [0.2, 0.25) is 0 Å². The summed E-state index contributed by atoms with van der Waals surface area (Å²) in [6.45, 7) is 2.57. The summed E-state index contributed by atoms with van der Waals surface area (Å²) in [5.41, 5.74) is 9.76. The van der Waals surface area contributed by atoms with Gasteiger partial charge in [-0.25, -0.2) is 4.98 Å². The number of nitrogen functional groups attached to an aromatic ring is 1. The van der Waals surface area contributed by atoms with Crippen molar-refractivity contribution in [3.63, 3.8) is 0 Å². The van der Waals surface area contributed by atoms with Crippen LogP contribution in [0.5, 0.6) is 5.75 Å². The number of rotatable bonds is 4. The van der Waals surface area contributed by atoms with E-state index in [1.807, 2.05) is 61.5 Å². The number of aromatic nitrogens is 1. The molecule has 0 radical (unpaired) electrons. The molecule has 0 bridgehead atoms. The molecule has 1 heterocycles. The second-order valence-corrected chi connectivity index (χ2v) is 6.31. The average Bonchev–Trinajstić information content (AvgIpc) is 2.62. The Labute approximate surface area is 155 Å². The molecule has 0 spiro atoms. The van der Waals surface area contributed by atoms with Crippen LogP contribution in [0.15, 0.2) is 59.1 Å². The highest BCUT2D eigenvalue weighted by molar-refractivity contribution is 9.10. The summed E-state index contributed by atoms with van der Waals surface area (Å²) in [5, 5.41) is 9.48. The Kier molecular flexibility index (Phi) is 5.01. The van der Waals surface area contributed by atoms with E-state index in [9.17, 15) is 5.26 Å². The second kappa shape index (κ2) is 7.37. The van der Waals surface area contributed by atoms with E-state index in [0.717, 1.165) is 32.6 Å². The highest BCUT2D eigenvalue weighted by atomic mass is 79.9. The Balaban J connectivity index is 2.10. The van der Waals surface area contributed by atoms with Crippen LogP contribution in [-0.2, 0) is 0 Å². The number of nitrogens with two attached hydrogens (primary N) is 1. The van der Waals surface area contributed by atoms with Crippen molar-refractivity contribution in [1.82, 2.24) is 4.98 Å². The number of ether oxygens (including phenoxy) is 1. The summed E-state index contributed by atoms with van der Waals surface area (Å²) in [5.74, 6) is 1.04. The zero-order valence-corrected chi connectivity index (χ0v) is 15.2. The quantitative estimate of drug-likeness (QED) is 0.674. The van der Waals surface area contributed by atoms with Crippen LogP contribution in [0.25, 0.3) is 22.4 Å². The lowest BCUT2D eigenvalue weighted by atomic mass is 9.98. The Morgan fingerprint density at radius 3 is 2.32 bits per heavy atom. The summed E-state index contributed by atoms with van der Waals surface area (Å²) >= 11 is 3.42. The molecule has 124 valence electrons. The van der Waals surface area contributed by atoms with E-state index in [0.29, 0.717) is 12.2 Å². The van der Waals surface area contributed by atoms with Gasteiger partial charge in [0.05, 0.1) is 12.3 Å². The predicted octanol–water partition coefficient (Wildman–Crippen LogP) is 5.03. The lowest BCUT2D eigenvalue weighted by Crippen LogP contribution is -2.00. The second-order valence-electron chi connectivity index (χ2n) is 5.39. The van der Waals surface area contributed by atoms with E-state index in [1.54, 1.807) is 0 Å². The molecule has 0 aliphatic heterocycles. The van der Waals surface area contributed by atoms with Crippen molar-refractivity contribution in [3.05, 3.63) is 64.6 Å². The normalized spacial score (nSPS) is 10.3. The molecule has 0 unspecified atom stereocenters. The van der Waals surface area contributed by atoms with Crippen molar-refractivity contribution in [2.75, 3.05) is 12.3 Å². The van der Waals surface area contributed by atoms with Crippen molar-refractivity contribution in [2.24, 2.45) is 0 Å². The third kappa shape index (κ3) is 3.65. The number of pyridine rings is 1. The van der Waals surface area contributed by atoms with E-state index in [2.05, 4.69) is 27.0 Å². The fraction of sp³-hybridized carbons (Fsp3) is 0.100. The van der Waals surface area contributed by atoms with Gasteiger partial charge >= 0.3 is 0 Å². The number of benzene rings is 2. The van der Waals surface area contributed by atoms with E-state index >= 15 is 0 Å². The molecule has 5 heteroatoms. The van der Waals surface area contributed by atoms with E-state index in [4.69, 9.17) is 10.5 Å². The van der Waals surface area contributed by atoms with Crippen molar-refractivity contribution in [2.45, 2.75) is 6.92 Å². The summed E-state index contributed by atoms with van der Waals surface area (Å²) in [6, 6.07) is 19.5. The van der Waals surface area contributed by atoms with Gasteiger partial charge in [-0.3, -0.25) is 0 Å². The van der Waals surface area contributed by atoms with E-state index < -0.39 is 0 Å². The molecule has 0 saturated heterocycles. The molecule has 1 aromatic heterocycles. The molecule has 3 rings (SSSR count). The topological polar surface area (TPSA) is 71.9 Å². The molecule has 0 amide bonds. The number of halogens is 1. The van der Waals surface area contributed by atoms with Crippen LogP contribution in [0, 0.1) is 11.3 Å². The Bertz CT molecular complexity index is 929. The molecular weight excluding hydrogens is 378 g/mol. The molecule has 3 aromatic rings. The van der Waals surface area contributed by atoms with Gasteiger partial charge in [-0.15, -0.1) is 0 Å². The summed E-state index contributed by atoms with van der Waals surface area (Å²) in [7, 11) is 0. The number of anilines is 1. The monoisotopic (exact) mass is 393 g/mol. The summed E-state index contributed by atoms with van der Waals surface area (Å²) in [4.78, 5) is 4.40. The van der Waals surface area contributed by atoms with Crippen LogP contribution >= 0.6 is 15.9 Å². The molecule has 2 aromatic carbocycles. The minimum absolute atomic E-state index is 0.229. The lowest BCUT2D eigenvalue weighted by molar-refractivity contribution is 0.340. The zero-order valence-electron chi connectivity index (χ0n) is 13.7. The number of hydrogen-bond donors (Lipinski definition) is 1. The fourth-order valence-corrected chi connectivity index (χ4v) is 2.84. The fourth-order valence-electron chi connectivity index (χ4n) is 2.58.